The minimum Gasteiger partial charge on any atom is -0.507 e. The van der Waals surface area contributed by atoms with Crippen LogP contribution in [0.2, 0.25) is 0 Å². The molecule has 0 aromatic heterocycles. The highest BCUT2D eigenvalue weighted by atomic mass is 32.2. The van der Waals surface area contributed by atoms with E-state index in [1.54, 1.807) is 0 Å². The molecule has 12 heteroatoms. The summed E-state index contributed by atoms with van der Waals surface area (Å²) in [7, 11) is 0. The van der Waals surface area contributed by atoms with Crippen molar-refractivity contribution in [2.45, 2.75) is 24.0 Å². The fraction of sp³-hybridized carbons (Fsp3) is 0.308. The van der Waals surface area contributed by atoms with E-state index in [0.717, 1.165) is 11.8 Å². The average molecular weight is 387 g/mol. The third kappa shape index (κ3) is 9.42. The number of thioether (sulfide) groups is 1. The molecule has 0 aliphatic rings. The van der Waals surface area contributed by atoms with E-state index >= 15 is 0 Å². The smallest absolute Gasteiger partial charge is 0.490 e. The molecule has 1 amide bonds. The van der Waals surface area contributed by atoms with Crippen LogP contribution in [0.4, 0.5) is 18.9 Å². The largest absolute Gasteiger partial charge is 0.507 e. The highest BCUT2D eigenvalue weighted by molar-refractivity contribution is 7.99. The van der Waals surface area contributed by atoms with Crippen LogP contribution in [0.1, 0.15) is 11.0 Å². The second-order valence-corrected chi connectivity index (χ2v) is 5.26. The minimum absolute atomic E-state index is 0.0135. The van der Waals surface area contributed by atoms with E-state index in [9.17, 15) is 27.9 Å². The van der Waals surface area contributed by atoms with Gasteiger partial charge in [-0.15, -0.1) is 11.8 Å². The normalized spacial score (nSPS) is 14.0. The van der Waals surface area contributed by atoms with Crippen LogP contribution >= 0.6 is 11.8 Å². The predicted molar refractivity (Wildman–Crippen MR) is 82.4 cm³/mol. The summed E-state index contributed by atoms with van der Waals surface area (Å²) >= 11 is 0.984. The molecule has 0 unspecified atom stereocenters. The number of carboxylic acid groups (broad SMARTS) is 2. The van der Waals surface area contributed by atoms with Gasteiger partial charge in [-0.3, -0.25) is 9.59 Å². The monoisotopic (exact) mass is 387 g/mol. The molecule has 0 radical (unpaired) electrons. The maximum absolute atomic E-state index is 11.3. The number of nitrogens with two attached hydrogens (primary N) is 1. The van der Waals surface area contributed by atoms with Crippen molar-refractivity contribution in [1.82, 2.24) is 0 Å². The van der Waals surface area contributed by atoms with Gasteiger partial charge in [0, 0.05) is 22.4 Å². The fourth-order valence-corrected chi connectivity index (χ4v) is 2.02. The highest BCUT2D eigenvalue weighted by Crippen LogP contribution is 2.31. The molecule has 0 saturated heterocycles. The molecule has 1 aromatic carbocycles. The summed E-state index contributed by atoms with van der Waals surface area (Å²) < 4.78 is 52.6. The van der Waals surface area contributed by atoms with Crippen molar-refractivity contribution in [2.75, 3.05) is 11.1 Å². The van der Waals surface area contributed by atoms with Crippen molar-refractivity contribution in [3.63, 3.8) is 0 Å². The number of phenolic OH excluding ortho intramolecular Hbond substituents is 1. The summed E-state index contributed by atoms with van der Waals surface area (Å²) in [6, 6.07) is 2.84. The van der Waals surface area contributed by atoms with E-state index in [1.165, 1.54) is 18.2 Å². The molecule has 0 fully saturated rings. The molecule has 0 aliphatic carbocycles. The van der Waals surface area contributed by atoms with Crippen LogP contribution in [-0.2, 0) is 14.4 Å². The van der Waals surface area contributed by atoms with E-state index in [0.29, 0.717) is 0 Å². The zero-order chi connectivity index (χ0) is 22.3. The lowest BCUT2D eigenvalue weighted by Gasteiger charge is -2.09. The molecule has 25 heavy (non-hydrogen) atoms. The van der Waals surface area contributed by atoms with Gasteiger partial charge in [0.15, 0.2) is 0 Å². The summed E-state index contributed by atoms with van der Waals surface area (Å²) in [5.74, 6) is -5.18. The molecule has 6 N–H and O–H groups in total. The van der Waals surface area contributed by atoms with Gasteiger partial charge in [0.2, 0.25) is 5.91 Å². The molecule has 140 valence electrons. The number of amides is 1. The second-order valence-electron chi connectivity index (χ2n) is 4.20. The summed E-state index contributed by atoms with van der Waals surface area (Å²) in [6.07, 6.45) is -5.08. The molecular weight excluding hydrogens is 369 g/mol. The van der Waals surface area contributed by atoms with Crippen LogP contribution < -0.4 is 11.1 Å². The summed E-state index contributed by atoms with van der Waals surface area (Å²) in [5, 5.41) is 27.6. The summed E-state index contributed by atoms with van der Waals surface area (Å²) in [6.45, 7) is -2.78. The number of nitrogens with one attached hydrogen (secondary N) is 1. The van der Waals surface area contributed by atoms with Gasteiger partial charge in [0.1, 0.15) is 11.8 Å². The number of hydrogen-bond acceptors (Lipinski definition) is 6. The number of benzene rings is 1. The molecular formula is C13H15F3N2O6S. The lowest BCUT2D eigenvalue weighted by atomic mass is 10.3. The molecule has 0 spiro atoms. The molecule has 0 heterocycles. The number of halogens is 3. The summed E-state index contributed by atoms with van der Waals surface area (Å²) in [4.78, 5) is 31.1. The van der Waals surface area contributed by atoms with Crippen LogP contribution in [0, 0.1) is 0 Å². The number of carboxylic acids is 2. The Morgan fingerprint density at radius 2 is 1.92 bits per heavy atom. The molecule has 0 saturated carbocycles. The maximum atomic E-state index is 11.3. The number of anilines is 1. The van der Waals surface area contributed by atoms with Crippen LogP contribution in [-0.4, -0.2) is 51.1 Å². The lowest BCUT2D eigenvalue weighted by Crippen LogP contribution is -2.32. The Kier molecular flexibility index (Phi) is 6.76. The first-order valence-electron chi connectivity index (χ1n) is 7.61. The van der Waals surface area contributed by atoms with Crippen LogP contribution in [0.3, 0.4) is 0 Å². The Labute approximate surface area is 148 Å². The van der Waals surface area contributed by atoms with E-state index in [4.69, 9.17) is 24.9 Å². The Morgan fingerprint density at radius 1 is 1.36 bits per heavy atom. The number of aromatic hydroxyl groups is 1. The molecule has 1 atom stereocenters. The number of hydrogen-bond donors (Lipinski definition) is 5. The van der Waals surface area contributed by atoms with Crippen molar-refractivity contribution in [1.29, 1.82) is 0 Å². The number of carbonyl (C=O) groups is 3. The van der Waals surface area contributed by atoms with E-state index in [-0.39, 0.29) is 22.1 Å². The fourth-order valence-electron chi connectivity index (χ4n) is 1.09. The number of alkyl halides is 3. The Bertz CT molecular complexity index is 730. The Hall–Kier alpha value is -2.47. The van der Waals surface area contributed by atoms with Gasteiger partial charge in [-0.1, -0.05) is 0 Å². The van der Waals surface area contributed by atoms with Crippen molar-refractivity contribution in [3.05, 3.63) is 18.2 Å². The number of aliphatic carboxylic acids is 2. The zero-order valence-corrected chi connectivity index (χ0v) is 13.0. The zero-order valence-electron chi connectivity index (χ0n) is 15.2. The van der Waals surface area contributed by atoms with Gasteiger partial charge in [-0.2, -0.15) is 13.2 Å². The Morgan fingerprint density at radius 3 is 2.36 bits per heavy atom. The first-order valence-corrected chi connectivity index (χ1v) is 7.10. The van der Waals surface area contributed by atoms with Crippen molar-refractivity contribution in [2.24, 2.45) is 5.73 Å². The van der Waals surface area contributed by atoms with Gasteiger partial charge in [-0.25, -0.2) is 4.79 Å². The van der Waals surface area contributed by atoms with E-state index in [2.05, 4.69) is 5.32 Å². The van der Waals surface area contributed by atoms with Gasteiger partial charge < -0.3 is 26.4 Å². The SMILES string of the molecule is O=C(O)C(F)(F)F.[2H]C([2H])([2H])C(=O)Nc1ccc(O)c(SC[C@H](N)C(=O)O)c1. The predicted octanol–water partition coefficient (Wildman–Crippen LogP) is 1.49. The number of phenols is 1. The van der Waals surface area contributed by atoms with Crippen molar-refractivity contribution in [3.8, 4) is 5.75 Å². The van der Waals surface area contributed by atoms with Crippen LogP contribution in [0.5, 0.6) is 5.75 Å². The van der Waals surface area contributed by atoms with Gasteiger partial charge in [-0.05, 0) is 18.2 Å². The quantitative estimate of drug-likeness (QED) is 0.377. The van der Waals surface area contributed by atoms with Crippen LogP contribution in [0.15, 0.2) is 23.1 Å². The maximum Gasteiger partial charge on any atom is 0.490 e. The Balaban J connectivity index is 0.000000887. The molecule has 0 aliphatic heterocycles. The van der Waals surface area contributed by atoms with E-state index < -0.39 is 36.9 Å². The standard InChI is InChI=1S/C11H14N2O4S.C2HF3O2/c1-6(14)13-7-2-3-9(15)10(4-7)18-5-8(12)11(16)17;3-2(4,5)1(6)7/h2-4,8,15H,5,12H2,1H3,(H,13,14)(H,16,17);(H,6,7)/t8-;/m0./s1/i1D3;. The van der Waals surface area contributed by atoms with Gasteiger partial charge in [0.25, 0.3) is 0 Å². The van der Waals surface area contributed by atoms with Crippen LogP contribution in [0.25, 0.3) is 0 Å². The number of carbonyl (C=O) groups excluding carboxylic acids is 1. The van der Waals surface area contributed by atoms with Gasteiger partial charge in [0.05, 0.1) is 4.90 Å². The topological polar surface area (TPSA) is 150 Å². The number of rotatable bonds is 5. The molecule has 8 nitrogen and oxygen atoms in total. The van der Waals surface area contributed by atoms with Crippen molar-refractivity contribution < 1.29 is 47.0 Å². The minimum atomic E-state index is -5.08. The van der Waals surface area contributed by atoms with Crippen molar-refractivity contribution >= 4 is 35.3 Å². The highest BCUT2D eigenvalue weighted by Gasteiger charge is 2.38. The third-order valence-electron chi connectivity index (χ3n) is 2.20. The molecule has 1 aromatic rings. The van der Waals surface area contributed by atoms with E-state index in [1.807, 2.05) is 0 Å². The molecule has 0 bridgehead atoms. The summed E-state index contributed by atoms with van der Waals surface area (Å²) in [5.41, 5.74) is 5.52. The first-order chi connectivity index (χ1) is 12.6. The van der Waals surface area contributed by atoms with Gasteiger partial charge >= 0.3 is 18.1 Å². The third-order valence-corrected chi connectivity index (χ3v) is 3.36. The molecule has 1 rings (SSSR count). The lowest BCUT2D eigenvalue weighted by molar-refractivity contribution is -0.192. The average Bonchev–Trinajstić information content (AvgIpc) is 2.53. The first kappa shape index (κ1) is 17.4. The second kappa shape index (κ2) is 9.74.